The van der Waals surface area contributed by atoms with Crippen molar-refractivity contribution in [2.75, 3.05) is 6.61 Å². The molecule has 0 bridgehead atoms. The molecule has 4 heteroatoms. The van der Waals surface area contributed by atoms with E-state index in [-0.39, 0.29) is 0 Å². The average molecular weight is 238 g/mol. The van der Waals surface area contributed by atoms with Gasteiger partial charge in [0.25, 0.3) is 0 Å². The van der Waals surface area contributed by atoms with Gasteiger partial charge >= 0.3 is 5.97 Å². The van der Waals surface area contributed by atoms with Gasteiger partial charge in [-0.15, -0.1) is 0 Å². The lowest BCUT2D eigenvalue weighted by Crippen LogP contribution is -2.35. The minimum Gasteiger partial charge on any atom is -0.493 e. The second-order valence-corrected chi connectivity index (χ2v) is 4.14. The lowest BCUT2D eigenvalue weighted by Gasteiger charge is -2.29. The molecule has 0 aliphatic carbocycles. The van der Waals surface area contributed by atoms with Crippen molar-refractivity contribution in [3.05, 3.63) is 29.8 Å². The summed E-state index contributed by atoms with van der Waals surface area (Å²) in [6, 6.07) is 6.95. The molecule has 17 heavy (non-hydrogen) atoms. The highest BCUT2D eigenvalue weighted by atomic mass is 16.5. The number of aliphatic carboxylic acids is 1. The third kappa shape index (κ3) is 2.77. The van der Waals surface area contributed by atoms with E-state index in [2.05, 4.69) is 0 Å². The molecular weight excluding hydrogens is 220 g/mol. The van der Waals surface area contributed by atoms with Crippen LogP contribution in [0.5, 0.6) is 5.75 Å². The Morgan fingerprint density at radius 2 is 2.06 bits per heavy atom. The zero-order chi connectivity index (χ0) is 13.1. The average Bonchev–Trinajstić information content (AvgIpc) is 2.29. The lowest BCUT2D eigenvalue weighted by atomic mass is 9.83. The summed E-state index contributed by atoms with van der Waals surface area (Å²) in [6.45, 7) is 5.27. The predicted octanol–water partition coefficient (Wildman–Crippen LogP) is 2.01. The maximum Gasteiger partial charge on any atom is 0.309 e. The van der Waals surface area contributed by atoms with Crippen LogP contribution >= 0.6 is 0 Å². The van der Waals surface area contributed by atoms with Crippen molar-refractivity contribution in [1.29, 1.82) is 0 Å². The zero-order valence-electron chi connectivity index (χ0n) is 10.3. The van der Waals surface area contributed by atoms with Crippen LogP contribution in [0.4, 0.5) is 0 Å². The number of carboxylic acids is 1. The Bertz CT molecular complexity index is 398. The number of aliphatic hydroxyl groups is 1. The van der Waals surface area contributed by atoms with Gasteiger partial charge in [-0.2, -0.15) is 0 Å². The molecule has 0 aliphatic heterocycles. The molecule has 4 nitrogen and oxygen atoms in total. The molecule has 0 heterocycles. The van der Waals surface area contributed by atoms with E-state index in [0.717, 1.165) is 0 Å². The van der Waals surface area contributed by atoms with Gasteiger partial charge in [-0.25, -0.2) is 0 Å². The molecule has 2 atom stereocenters. The van der Waals surface area contributed by atoms with E-state index >= 15 is 0 Å². The third-order valence-electron chi connectivity index (χ3n) is 2.95. The van der Waals surface area contributed by atoms with Crippen LogP contribution in [0.1, 0.15) is 26.3 Å². The summed E-state index contributed by atoms with van der Waals surface area (Å²) in [6.07, 6.45) is 0. The van der Waals surface area contributed by atoms with Crippen LogP contribution in [-0.4, -0.2) is 22.8 Å². The Hall–Kier alpha value is -1.55. The molecule has 1 aromatic rings. The number of hydrogen-bond acceptors (Lipinski definition) is 3. The molecule has 94 valence electrons. The Morgan fingerprint density at radius 3 is 2.59 bits per heavy atom. The van der Waals surface area contributed by atoms with Crippen LogP contribution in [0.25, 0.3) is 0 Å². The van der Waals surface area contributed by atoms with E-state index in [9.17, 15) is 9.90 Å². The van der Waals surface area contributed by atoms with Gasteiger partial charge in [0.2, 0.25) is 0 Å². The first-order valence-corrected chi connectivity index (χ1v) is 5.58. The number of carboxylic acid groups (broad SMARTS) is 1. The monoisotopic (exact) mass is 238 g/mol. The lowest BCUT2D eigenvalue weighted by molar-refractivity contribution is -0.150. The summed E-state index contributed by atoms with van der Waals surface area (Å²) >= 11 is 0. The number of para-hydroxylation sites is 1. The first-order chi connectivity index (χ1) is 7.91. The van der Waals surface area contributed by atoms with Crippen molar-refractivity contribution in [2.24, 2.45) is 5.92 Å². The standard InChI is InChI=1S/C13H18O4/c1-4-17-11-8-6-5-7-10(11)13(3,16)9(2)12(14)15/h5-9,16H,4H2,1-3H3,(H,14,15). The van der Waals surface area contributed by atoms with Crippen LogP contribution in [0, 0.1) is 5.92 Å². The molecule has 1 aromatic carbocycles. The smallest absolute Gasteiger partial charge is 0.309 e. The van der Waals surface area contributed by atoms with Gasteiger partial charge < -0.3 is 14.9 Å². The van der Waals surface area contributed by atoms with Crippen molar-refractivity contribution < 1.29 is 19.7 Å². The van der Waals surface area contributed by atoms with Crippen molar-refractivity contribution in [3.63, 3.8) is 0 Å². The van der Waals surface area contributed by atoms with E-state index in [1.165, 1.54) is 13.8 Å². The molecule has 0 aromatic heterocycles. The molecule has 0 saturated carbocycles. The predicted molar refractivity (Wildman–Crippen MR) is 64.0 cm³/mol. The Morgan fingerprint density at radius 1 is 1.47 bits per heavy atom. The van der Waals surface area contributed by atoms with E-state index < -0.39 is 17.5 Å². The highest BCUT2D eigenvalue weighted by molar-refractivity contribution is 5.71. The maximum absolute atomic E-state index is 11.0. The second kappa shape index (κ2) is 5.19. The SMILES string of the molecule is CCOc1ccccc1C(C)(O)C(C)C(=O)O. The summed E-state index contributed by atoms with van der Waals surface area (Å²) in [5.41, 5.74) is -0.964. The number of benzene rings is 1. The Labute approximate surface area is 101 Å². The molecule has 0 radical (unpaired) electrons. The van der Waals surface area contributed by atoms with Gasteiger partial charge in [0.1, 0.15) is 11.4 Å². The van der Waals surface area contributed by atoms with Gasteiger partial charge in [-0.3, -0.25) is 4.79 Å². The quantitative estimate of drug-likeness (QED) is 0.823. The number of hydrogen-bond donors (Lipinski definition) is 2. The van der Waals surface area contributed by atoms with Gasteiger partial charge in [-0.05, 0) is 26.8 Å². The van der Waals surface area contributed by atoms with Crippen molar-refractivity contribution in [3.8, 4) is 5.75 Å². The highest BCUT2D eigenvalue weighted by Gasteiger charge is 2.37. The molecule has 0 spiro atoms. The molecular formula is C13H18O4. The largest absolute Gasteiger partial charge is 0.493 e. The van der Waals surface area contributed by atoms with E-state index in [0.29, 0.717) is 17.9 Å². The van der Waals surface area contributed by atoms with Crippen molar-refractivity contribution in [1.82, 2.24) is 0 Å². The molecule has 0 amide bonds. The Balaban J connectivity index is 3.17. The van der Waals surface area contributed by atoms with E-state index in [1.807, 2.05) is 6.92 Å². The first kappa shape index (κ1) is 13.5. The van der Waals surface area contributed by atoms with Crippen LogP contribution < -0.4 is 4.74 Å². The van der Waals surface area contributed by atoms with Gasteiger partial charge in [0.15, 0.2) is 0 Å². The van der Waals surface area contributed by atoms with Crippen molar-refractivity contribution in [2.45, 2.75) is 26.4 Å². The topological polar surface area (TPSA) is 66.8 Å². The second-order valence-electron chi connectivity index (χ2n) is 4.14. The van der Waals surface area contributed by atoms with Crippen molar-refractivity contribution >= 4 is 5.97 Å². The number of carbonyl (C=O) groups is 1. The first-order valence-electron chi connectivity index (χ1n) is 5.58. The fourth-order valence-corrected chi connectivity index (χ4v) is 1.64. The summed E-state index contributed by atoms with van der Waals surface area (Å²) in [7, 11) is 0. The molecule has 0 fully saturated rings. The summed E-state index contributed by atoms with van der Waals surface area (Å²) < 4.78 is 5.40. The van der Waals surface area contributed by atoms with Gasteiger partial charge in [0.05, 0.1) is 12.5 Å². The molecule has 1 rings (SSSR count). The number of rotatable bonds is 5. The normalized spacial score (nSPS) is 16.0. The molecule has 0 aliphatic rings. The third-order valence-corrected chi connectivity index (χ3v) is 2.95. The zero-order valence-corrected chi connectivity index (χ0v) is 10.3. The van der Waals surface area contributed by atoms with Crippen LogP contribution in [-0.2, 0) is 10.4 Å². The van der Waals surface area contributed by atoms with E-state index in [4.69, 9.17) is 9.84 Å². The van der Waals surface area contributed by atoms with Crippen LogP contribution in [0.3, 0.4) is 0 Å². The summed E-state index contributed by atoms with van der Waals surface area (Å²) in [5.74, 6) is -1.43. The Kier molecular flexibility index (Phi) is 4.12. The summed E-state index contributed by atoms with van der Waals surface area (Å²) in [4.78, 5) is 11.0. The minimum atomic E-state index is -1.46. The van der Waals surface area contributed by atoms with E-state index in [1.54, 1.807) is 24.3 Å². The minimum absolute atomic E-state index is 0.467. The van der Waals surface area contributed by atoms with Crippen LogP contribution in [0.15, 0.2) is 24.3 Å². The summed E-state index contributed by atoms with van der Waals surface area (Å²) in [5, 5.41) is 19.4. The fraction of sp³-hybridized carbons (Fsp3) is 0.462. The molecule has 2 N–H and O–H groups in total. The highest BCUT2D eigenvalue weighted by Crippen LogP contribution is 2.35. The van der Waals surface area contributed by atoms with Crippen LogP contribution in [0.2, 0.25) is 0 Å². The van der Waals surface area contributed by atoms with Gasteiger partial charge in [0, 0.05) is 5.56 Å². The maximum atomic E-state index is 11.0. The van der Waals surface area contributed by atoms with Gasteiger partial charge in [-0.1, -0.05) is 18.2 Å². The molecule has 2 unspecified atom stereocenters. The fourth-order valence-electron chi connectivity index (χ4n) is 1.64. The number of ether oxygens (including phenoxy) is 1. The molecule has 0 saturated heterocycles.